The summed E-state index contributed by atoms with van der Waals surface area (Å²) in [4.78, 5) is 36.9. The number of nitrogens with one attached hydrogen (secondary N) is 2. The van der Waals surface area contributed by atoms with Gasteiger partial charge in [0.05, 0.1) is 25.3 Å². The van der Waals surface area contributed by atoms with Crippen LogP contribution in [0.15, 0.2) is 30.3 Å². The van der Waals surface area contributed by atoms with E-state index in [4.69, 9.17) is 9.47 Å². The molecule has 7 N–H and O–H groups in total. The maximum atomic E-state index is 12.9. The smallest absolute Gasteiger partial charge is 0.306 e. The molecule has 0 spiro atoms. The summed E-state index contributed by atoms with van der Waals surface area (Å²) in [6.07, 6.45) is -6.50. The van der Waals surface area contributed by atoms with Crippen molar-refractivity contribution in [3.63, 3.8) is 0 Å². The lowest BCUT2D eigenvalue weighted by Crippen LogP contribution is -2.65. The van der Waals surface area contributed by atoms with Crippen LogP contribution in [0.5, 0.6) is 0 Å². The van der Waals surface area contributed by atoms with Crippen LogP contribution >= 0.6 is 0 Å². The highest BCUT2D eigenvalue weighted by Gasteiger charge is 2.48. The lowest BCUT2D eigenvalue weighted by atomic mass is 9.96. The summed E-state index contributed by atoms with van der Waals surface area (Å²) >= 11 is 0. The fraction of sp³-hybridized carbons (Fsp3) is 0.609. The lowest BCUT2D eigenvalue weighted by molar-refractivity contribution is -0.318. The van der Waals surface area contributed by atoms with Crippen molar-refractivity contribution in [2.24, 2.45) is 0 Å². The van der Waals surface area contributed by atoms with Gasteiger partial charge in [0.2, 0.25) is 11.7 Å². The predicted molar refractivity (Wildman–Crippen MR) is 120 cm³/mol. The number of esters is 1. The number of carbonyl (C=O) groups is 3. The van der Waals surface area contributed by atoms with Gasteiger partial charge in [-0.15, -0.1) is 0 Å². The summed E-state index contributed by atoms with van der Waals surface area (Å²) in [5, 5.41) is 55.0. The first-order valence-corrected chi connectivity index (χ1v) is 11.3. The van der Waals surface area contributed by atoms with E-state index >= 15 is 0 Å². The number of hydrogen-bond acceptors (Lipinski definition) is 11. The van der Waals surface area contributed by atoms with Crippen molar-refractivity contribution >= 4 is 17.7 Å². The Kier molecular flexibility index (Phi) is 10.7. The van der Waals surface area contributed by atoms with Crippen LogP contribution in [0.2, 0.25) is 0 Å². The maximum absolute atomic E-state index is 12.9. The van der Waals surface area contributed by atoms with E-state index in [1.54, 1.807) is 24.3 Å². The first-order valence-electron chi connectivity index (χ1n) is 11.3. The van der Waals surface area contributed by atoms with Crippen molar-refractivity contribution in [1.29, 1.82) is 0 Å². The molecule has 0 bridgehead atoms. The zero-order valence-electron chi connectivity index (χ0n) is 19.7. The van der Waals surface area contributed by atoms with E-state index in [-0.39, 0.29) is 19.4 Å². The van der Waals surface area contributed by atoms with Gasteiger partial charge in [-0.1, -0.05) is 30.3 Å². The molecule has 1 amide bonds. The van der Waals surface area contributed by atoms with Gasteiger partial charge in [0.15, 0.2) is 5.78 Å². The second kappa shape index (κ2) is 13.0. The molecule has 196 valence electrons. The predicted octanol–water partition coefficient (Wildman–Crippen LogP) is -2.28. The Labute approximate surface area is 202 Å². The van der Waals surface area contributed by atoms with Crippen LogP contribution in [-0.2, 0) is 30.5 Å². The summed E-state index contributed by atoms with van der Waals surface area (Å²) < 4.78 is 10.3. The highest BCUT2D eigenvalue weighted by molar-refractivity contribution is 5.90. The van der Waals surface area contributed by atoms with E-state index in [0.29, 0.717) is 0 Å². The molecule has 1 aromatic carbocycles. The number of Topliss-reactive ketones (excluding diaryl/α,β-unsaturated/α-hetero) is 1. The zero-order valence-corrected chi connectivity index (χ0v) is 19.7. The molecule has 0 aliphatic carbocycles. The highest BCUT2D eigenvalue weighted by atomic mass is 16.6. The average Bonchev–Trinajstić information content (AvgIpc) is 2.82. The Hall–Kier alpha value is -2.45. The number of carbonyl (C=O) groups excluding carboxylic acids is 3. The Bertz CT molecular complexity index is 852. The molecule has 0 radical (unpaired) electrons. The van der Waals surface area contributed by atoms with Gasteiger partial charge in [-0.05, 0) is 25.8 Å². The standard InChI is InChI=1S/C23H34N2O10/c1-13(26)19(14(2)27)25-22(32)16(8-9-18(29)34-10-15-6-4-3-5-7-15)24-12-23(33)21(31)20(30)17(28)11-35-23/h3-7,13,16-17,19-21,24,26,28,30-31,33H,8-12H2,1-2H3,(H,25,32)/t13?,16-,17?,19-,20?,21?,23?/m0/s1. The number of aliphatic hydroxyl groups is 5. The number of ketones is 1. The molecule has 12 heteroatoms. The third kappa shape index (κ3) is 8.32. The minimum Gasteiger partial charge on any atom is -0.461 e. The Balaban J connectivity index is 2.04. The third-order valence-corrected chi connectivity index (χ3v) is 5.70. The van der Waals surface area contributed by atoms with Crippen molar-refractivity contribution in [2.45, 2.75) is 75.6 Å². The van der Waals surface area contributed by atoms with Crippen LogP contribution < -0.4 is 10.6 Å². The average molecular weight is 499 g/mol. The van der Waals surface area contributed by atoms with Crippen LogP contribution in [0.25, 0.3) is 0 Å². The van der Waals surface area contributed by atoms with Crippen molar-refractivity contribution in [2.75, 3.05) is 13.2 Å². The van der Waals surface area contributed by atoms with Crippen molar-refractivity contribution < 1.29 is 49.4 Å². The van der Waals surface area contributed by atoms with Crippen LogP contribution in [0.3, 0.4) is 0 Å². The molecule has 1 saturated heterocycles. The summed E-state index contributed by atoms with van der Waals surface area (Å²) in [7, 11) is 0. The van der Waals surface area contributed by atoms with Crippen molar-refractivity contribution in [1.82, 2.24) is 10.6 Å². The topological polar surface area (TPSA) is 195 Å². The summed E-state index contributed by atoms with van der Waals surface area (Å²) in [6.45, 7) is 1.54. The fourth-order valence-corrected chi connectivity index (χ4v) is 3.53. The molecule has 1 aliphatic rings. The molecule has 35 heavy (non-hydrogen) atoms. The van der Waals surface area contributed by atoms with E-state index in [1.165, 1.54) is 13.8 Å². The number of benzene rings is 1. The molecule has 1 heterocycles. The minimum absolute atomic E-state index is 0.0401. The van der Waals surface area contributed by atoms with Gasteiger partial charge >= 0.3 is 5.97 Å². The molecule has 0 saturated carbocycles. The van der Waals surface area contributed by atoms with E-state index in [0.717, 1.165) is 5.56 Å². The molecule has 7 atom stereocenters. The van der Waals surface area contributed by atoms with Crippen molar-refractivity contribution in [3.8, 4) is 0 Å². The third-order valence-electron chi connectivity index (χ3n) is 5.70. The number of amides is 1. The highest BCUT2D eigenvalue weighted by Crippen LogP contribution is 2.23. The molecule has 1 aromatic rings. The summed E-state index contributed by atoms with van der Waals surface area (Å²) in [5.41, 5.74) is 0.779. The Morgan fingerprint density at radius 2 is 1.86 bits per heavy atom. The molecule has 1 aliphatic heterocycles. The molecular formula is C23H34N2O10. The Morgan fingerprint density at radius 1 is 1.20 bits per heavy atom. The van der Waals surface area contributed by atoms with Gasteiger partial charge in [-0.25, -0.2) is 0 Å². The first kappa shape index (κ1) is 28.8. The van der Waals surface area contributed by atoms with E-state index in [9.17, 15) is 39.9 Å². The van der Waals surface area contributed by atoms with Crippen LogP contribution in [0.4, 0.5) is 0 Å². The lowest BCUT2D eigenvalue weighted by Gasteiger charge is -2.42. The van der Waals surface area contributed by atoms with Gasteiger partial charge < -0.3 is 45.6 Å². The molecule has 1 fully saturated rings. The normalized spacial score (nSPS) is 26.9. The second-order valence-electron chi connectivity index (χ2n) is 8.61. The van der Waals surface area contributed by atoms with Gasteiger partial charge in [0, 0.05) is 6.42 Å². The van der Waals surface area contributed by atoms with Gasteiger partial charge in [0.25, 0.3) is 0 Å². The molecule has 5 unspecified atom stereocenters. The van der Waals surface area contributed by atoms with E-state index in [2.05, 4.69) is 10.6 Å². The van der Waals surface area contributed by atoms with Crippen molar-refractivity contribution in [3.05, 3.63) is 35.9 Å². The SMILES string of the molecule is CC(=O)[C@@H](NC(=O)[C@H](CCC(=O)OCc1ccccc1)NCC1(O)OCC(O)C(O)C1O)C(C)O. The van der Waals surface area contributed by atoms with Crippen LogP contribution in [0, 0.1) is 0 Å². The number of aliphatic hydroxyl groups excluding tert-OH is 4. The van der Waals surface area contributed by atoms with Gasteiger partial charge in [-0.3, -0.25) is 14.4 Å². The fourth-order valence-electron chi connectivity index (χ4n) is 3.53. The van der Waals surface area contributed by atoms with Gasteiger partial charge in [0.1, 0.15) is 31.0 Å². The number of rotatable bonds is 12. The van der Waals surface area contributed by atoms with Crippen LogP contribution in [0.1, 0.15) is 32.3 Å². The second-order valence-corrected chi connectivity index (χ2v) is 8.61. The summed E-state index contributed by atoms with van der Waals surface area (Å²) in [5.74, 6) is -4.18. The quantitative estimate of drug-likeness (QED) is 0.153. The molecule has 0 aromatic heterocycles. The largest absolute Gasteiger partial charge is 0.461 e. The van der Waals surface area contributed by atoms with Gasteiger partial charge in [-0.2, -0.15) is 0 Å². The number of ether oxygens (including phenoxy) is 2. The minimum atomic E-state index is -2.34. The monoisotopic (exact) mass is 498 g/mol. The molecule has 12 nitrogen and oxygen atoms in total. The summed E-state index contributed by atoms with van der Waals surface area (Å²) in [6, 6.07) is 6.60. The Morgan fingerprint density at radius 3 is 2.46 bits per heavy atom. The maximum Gasteiger partial charge on any atom is 0.306 e. The molecule has 2 rings (SSSR count). The molecular weight excluding hydrogens is 464 g/mol. The van der Waals surface area contributed by atoms with E-state index in [1.807, 2.05) is 6.07 Å². The number of hydrogen-bond donors (Lipinski definition) is 7. The first-order chi connectivity index (χ1) is 16.4. The van der Waals surface area contributed by atoms with E-state index < -0.39 is 73.1 Å². The zero-order chi connectivity index (χ0) is 26.2. The van der Waals surface area contributed by atoms with Crippen LogP contribution in [-0.4, -0.2) is 98.6 Å².